The average molecular weight is 583 g/mol. The van der Waals surface area contributed by atoms with Crippen LogP contribution in [0.25, 0.3) is 11.1 Å². The average Bonchev–Trinajstić information content (AvgIpc) is 3.00. The van der Waals surface area contributed by atoms with Gasteiger partial charge in [-0.2, -0.15) is 11.8 Å². The lowest BCUT2D eigenvalue weighted by Gasteiger charge is -2.36. The molecule has 1 heterocycles. The highest BCUT2D eigenvalue weighted by Crippen LogP contribution is 2.29. The number of morpholine rings is 1. The molecule has 8 heteroatoms. The van der Waals surface area contributed by atoms with E-state index in [2.05, 4.69) is 29.3 Å². The first-order valence-corrected chi connectivity index (χ1v) is 16.4. The number of esters is 1. The number of hydrogen-bond acceptors (Lipinski definition) is 7. The second kappa shape index (κ2) is 16.3. The molecule has 1 amide bonds. The summed E-state index contributed by atoms with van der Waals surface area (Å²) in [5.74, 6) is 0.739. The molecule has 0 aromatic heterocycles. The molecule has 2 fully saturated rings. The fourth-order valence-electron chi connectivity index (χ4n) is 5.86. The quantitative estimate of drug-likeness (QED) is 0.313. The van der Waals surface area contributed by atoms with Gasteiger partial charge in [0.25, 0.3) is 5.91 Å². The Kier molecular flexibility index (Phi) is 12.5. The van der Waals surface area contributed by atoms with Crippen LogP contribution in [0.15, 0.2) is 42.5 Å². The number of methoxy groups -OCH3 is 1. The molecule has 224 valence electrons. The molecule has 2 atom stereocenters. The molecule has 1 aliphatic carbocycles. The van der Waals surface area contributed by atoms with Crippen LogP contribution in [0.5, 0.6) is 0 Å². The van der Waals surface area contributed by atoms with Crippen molar-refractivity contribution in [3.8, 4) is 11.1 Å². The fourth-order valence-corrected chi connectivity index (χ4v) is 6.33. The molecular weight excluding hydrogens is 536 g/mol. The molecule has 41 heavy (non-hydrogen) atoms. The van der Waals surface area contributed by atoms with Gasteiger partial charge in [-0.25, -0.2) is 4.79 Å². The van der Waals surface area contributed by atoms with Crippen molar-refractivity contribution in [2.75, 3.05) is 52.1 Å². The van der Waals surface area contributed by atoms with Gasteiger partial charge in [-0.3, -0.25) is 9.69 Å². The minimum atomic E-state index is -0.688. The summed E-state index contributed by atoms with van der Waals surface area (Å²) in [5, 5.41) is 2.94. The van der Waals surface area contributed by atoms with E-state index in [1.165, 1.54) is 39.2 Å². The molecule has 1 aliphatic heterocycles. The predicted molar refractivity (Wildman–Crippen MR) is 165 cm³/mol. The molecule has 2 aromatic carbocycles. The van der Waals surface area contributed by atoms with E-state index in [1.54, 1.807) is 11.8 Å². The van der Waals surface area contributed by atoms with Crippen LogP contribution in [0, 0.1) is 12.8 Å². The van der Waals surface area contributed by atoms with Crippen LogP contribution in [0.2, 0.25) is 0 Å². The third-order valence-electron chi connectivity index (χ3n) is 8.29. The predicted octanol–water partition coefficient (Wildman–Crippen LogP) is 5.48. The maximum absolute atomic E-state index is 13.6. The van der Waals surface area contributed by atoms with Crippen molar-refractivity contribution >= 4 is 23.6 Å². The highest BCUT2D eigenvalue weighted by Gasteiger charge is 2.26. The molecule has 4 rings (SSSR count). The van der Waals surface area contributed by atoms with Crippen LogP contribution >= 0.6 is 11.8 Å². The van der Waals surface area contributed by atoms with E-state index in [0.29, 0.717) is 37.7 Å². The Hall–Kier alpha value is -2.39. The number of ether oxygens (including phenoxy) is 3. The fraction of sp³-hybridized carbons (Fsp3) is 0.576. The molecule has 2 aromatic rings. The zero-order chi connectivity index (χ0) is 29.0. The van der Waals surface area contributed by atoms with Gasteiger partial charge < -0.3 is 19.5 Å². The summed E-state index contributed by atoms with van der Waals surface area (Å²) < 4.78 is 17.0. The SMILES string of the molecule is COC(=O)C(CCSC)NC(=O)c1ccc(CN2CCOCC2COCC2CCCCC2)cc1-c1ccccc1C. The van der Waals surface area contributed by atoms with Crippen molar-refractivity contribution in [3.05, 3.63) is 59.2 Å². The summed E-state index contributed by atoms with van der Waals surface area (Å²) in [4.78, 5) is 28.4. The van der Waals surface area contributed by atoms with E-state index in [4.69, 9.17) is 14.2 Å². The largest absolute Gasteiger partial charge is 0.467 e. The van der Waals surface area contributed by atoms with Gasteiger partial charge in [0, 0.05) is 25.3 Å². The Balaban J connectivity index is 1.52. The molecule has 0 radical (unpaired) electrons. The van der Waals surface area contributed by atoms with Crippen LogP contribution in [0.3, 0.4) is 0 Å². The summed E-state index contributed by atoms with van der Waals surface area (Å²) in [6.45, 7) is 6.54. The van der Waals surface area contributed by atoms with Gasteiger partial charge in [-0.05, 0) is 78.5 Å². The van der Waals surface area contributed by atoms with Gasteiger partial charge in [0.2, 0.25) is 0 Å². The first-order valence-electron chi connectivity index (χ1n) is 15.0. The molecule has 1 N–H and O–H groups in total. The van der Waals surface area contributed by atoms with Gasteiger partial charge in [0.1, 0.15) is 6.04 Å². The van der Waals surface area contributed by atoms with E-state index >= 15 is 0 Å². The third-order valence-corrected chi connectivity index (χ3v) is 8.93. The minimum Gasteiger partial charge on any atom is -0.467 e. The Morgan fingerprint density at radius 1 is 1.10 bits per heavy atom. The Morgan fingerprint density at radius 3 is 2.66 bits per heavy atom. The maximum atomic E-state index is 13.6. The molecular formula is C33H46N2O5S. The molecule has 0 spiro atoms. The number of amides is 1. The van der Waals surface area contributed by atoms with Crippen molar-refractivity contribution in [2.45, 2.75) is 64.1 Å². The summed E-state index contributed by atoms with van der Waals surface area (Å²) in [6, 6.07) is 13.7. The first kappa shape index (κ1) is 31.5. The maximum Gasteiger partial charge on any atom is 0.328 e. The molecule has 2 unspecified atom stereocenters. The van der Waals surface area contributed by atoms with Crippen molar-refractivity contribution in [2.24, 2.45) is 5.92 Å². The van der Waals surface area contributed by atoms with E-state index in [9.17, 15) is 9.59 Å². The van der Waals surface area contributed by atoms with Crippen LogP contribution in [0.4, 0.5) is 0 Å². The standard InChI is InChI=1S/C33H46N2O5S/c1-24-9-7-8-12-28(24)30-19-26(13-14-29(30)32(36)34-31(15-18-41-3)33(37)38-2)20-35-16-17-39-22-27(35)23-40-21-25-10-5-4-6-11-25/h7-9,12-14,19,25,27,31H,4-6,10-11,15-18,20-23H2,1-3H3,(H,34,36). The lowest BCUT2D eigenvalue weighted by molar-refractivity contribution is -0.142. The van der Waals surface area contributed by atoms with Crippen LogP contribution in [-0.4, -0.2) is 81.0 Å². The number of benzene rings is 2. The third kappa shape index (κ3) is 9.05. The number of nitrogens with zero attached hydrogens (tertiary/aromatic N) is 1. The number of thioether (sulfide) groups is 1. The lowest BCUT2D eigenvalue weighted by atomic mass is 9.90. The number of carbonyl (C=O) groups excluding carboxylic acids is 2. The van der Waals surface area contributed by atoms with E-state index < -0.39 is 12.0 Å². The second-order valence-corrected chi connectivity index (χ2v) is 12.3. The summed E-state index contributed by atoms with van der Waals surface area (Å²) >= 11 is 1.63. The van der Waals surface area contributed by atoms with E-state index in [0.717, 1.165) is 47.7 Å². The molecule has 1 saturated heterocycles. The van der Waals surface area contributed by atoms with Crippen molar-refractivity contribution in [3.63, 3.8) is 0 Å². The Morgan fingerprint density at radius 2 is 1.90 bits per heavy atom. The summed E-state index contributed by atoms with van der Waals surface area (Å²) in [7, 11) is 1.36. The van der Waals surface area contributed by atoms with Gasteiger partial charge >= 0.3 is 5.97 Å². The Labute approximate surface area is 249 Å². The topological polar surface area (TPSA) is 77.1 Å². The number of rotatable bonds is 13. The molecule has 1 saturated carbocycles. The summed E-state index contributed by atoms with van der Waals surface area (Å²) in [6.07, 6.45) is 9.06. The van der Waals surface area contributed by atoms with Crippen molar-refractivity contribution in [1.29, 1.82) is 0 Å². The zero-order valence-corrected chi connectivity index (χ0v) is 25.7. The van der Waals surface area contributed by atoms with E-state index in [-0.39, 0.29) is 11.9 Å². The normalized spacial score (nSPS) is 19.0. The van der Waals surface area contributed by atoms with E-state index in [1.807, 2.05) is 36.6 Å². The highest BCUT2D eigenvalue weighted by atomic mass is 32.2. The molecule has 7 nitrogen and oxygen atoms in total. The number of carbonyl (C=O) groups is 2. The van der Waals surface area contributed by atoms with Gasteiger partial charge in [-0.1, -0.05) is 49.6 Å². The first-order chi connectivity index (χ1) is 20.0. The second-order valence-electron chi connectivity index (χ2n) is 11.3. The van der Waals surface area contributed by atoms with Crippen LogP contribution in [-0.2, 0) is 25.5 Å². The monoisotopic (exact) mass is 582 g/mol. The van der Waals surface area contributed by atoms with Crippen LogP contribution in [0.1, 0.15) is 60.0 Å². The number of hydrogen-bond donors (Lipinski definition) is 1. The summed E-state index contributed by atoms with van der Waals surface area (Å²) in [5.41, 5.74) is 4.64. The Bertz CT molecular complexity index is 1140. The molecule has 0 bridgehead atoms. The number of nitrogens with one attached hydrogen (secondary N) is 1. The van der Waals surface area contributed by atoms with Crippen molar-refractivity contribution in [1.82, 2.24) is 10.2 Å². The number of aryl methyl sites for hydroxylation is 1. The smallest absolute Gasteiger partial charge is 0.328 e. The van der Waals surface area contributed by atoms with Gasteiger partial charge in [-0.15, -0.1) is 0 Å². The van der Waals surface area contributed by atoms with Gasteiger partial charge in [0.15, 0.2) is 0 Å². The van der Waals surface area contributed by atoms with Crippen LogP contribution < -0.4 is 5.32 Å². The highest BCUT2D eigenvalue weighted by molar-refractivity contribution is 7.98. The van der Waals surface area contributed by atoms with Gasteiger partial charge in [0.05, 0.1) is 33.0 Å². The zero-order valence-electron chi connectivity index (χ0n) is 24.9. The lowest BCUT2D eigenvalue weighted by Crippen LogP contribution is -2.47. The minimum absolute atomic E-state index is 0.203. The molecule has 2 aliphatic rings. The van der Waals surface area contributed by atoms with Crippen molar-refractivity contribution < 1.29 is 23.8 Å².